The maximum Gasteiger partial charge on any atom is 0.124 e. The highest BCUT2D eigenvalue weighted by molar-refractivity contribution is 6.30. The van der Waals surface area contributed by atoms with Gasteiger partial charge in [-0.2, -0.15) is 0 Å². The van der Waals surface area contributed by atoms with Crippen molar-refractivity contribution in [1.29, 1.82) is 0 Å². The summed E-state index contributed by atoms with van der Waals surface area (Å²) in [5.74, 6) is 3.40. The zero-order valence-corrected chi connectivity index (χ0v) is 10.3. The number of halogens is 1. The predicted molar refractivity (Wildman–Crippen MR) is 67.9 cm³/mol. The van der Waals surface area contributed by atoms with Gasteiger partial charge in [-0.15, -0.1) is 6.42 Å². The second-order valence-corrected chi connectivity index (χ2v) is 3.86. The molecule has 0 spiro atoms. The fourth-order valence-electron chi connectivity index (χ4n) is 1.47. The fourth-order valence-corrected chi connectivity index (χ4v) is 1.65. The van der Waals surface area contributed by atoms with Gasteiger partial charge in [0.15, 0.2) is 0 Å². The number of hydrogen-bond donors (Lipinski definition) is 1. The molecule has 1 N–H and O–H groups in total. The van der Waals surface area contributed by atoms with Gasteiger partial charge < -0.3 is 4.74 Å². The molecule has 1 rings (SSSR count). The van der Waals surface area contributed by atoms with Crippen LogP contribution in [-0.2, 0) is 0 Å². The SMILES string of the molecule is C#CCNC(C)c1cc(Cl)ccc1OCC. The molecule has 3 heteroatoms. The van der Waals surface area contributed by atoms with E-state index in [9.17, 15) is 0 Å². The lowest BCUT2D eigenvalue weighted by molar-refractivity contribution is 0.333. The Hall–Kier alpha value is -1.17. The van der Waals surface area contributed by atoms with Crippen molar-refractivity contribution < 1.29 is 4.74 Å². The first-order valence-electron chi connectivity index (χ1n) is 5.28. The number of terminal acetylenes is 1. The summed E-state index contributed by atoms with van der Waals surface area (Å²) in [5, 5.41) is 3.90. The normalized spacial score (nSPS) is 11.9. The Kier molecular flexibility index (Phi) is 5.18. The van der Waals surface area contributed by atoms with Crippen molar-refractivity contribution in [1.82, 2.24) is 5.32 Å². The maximum atomic E-state index is 5.97. The molecule has 0 bridgehead atoms. The smallest absolute Gasteiger partial charge is 0.124 e. The van der Waals surface area contributed by atoms with Crippen LogP contribution in [0.3, 0.4) is 0 Å². The van der Waals surface area contributed by atoms with E-state index >= 15 is 0 Å². The van der Waals surface area contributed by atoms with Crippen molar-refractivity contribution in [3.05, 3.63) is 28.8 Å². The van der Waals surface area contributed by atoms with E-state index in [2.05, 4.69) is 11.2 Å². The van der Waals surface area contributed by atoms with E-state index in [1.54, 1.807) is 0 Å². The quantitative estimate of drug-likeness (QED) is 0.795. The van der Waals surface area contributed by atoms with Crippen LogP contribution in [0.2, 0.25) is 5.02 Å². The zero-order valence-electron chi connectivity index (χ0n) is 9.59. The minimum Gasteiger partial charge on any atom is -0.494 e. The van der Waals surface area contributed by atoms with Gasteiger partial charge >= 0.3 is 0 Å². The molecule has 0 aliphatic heterocycles. The standard InChI is InChI=1S/C13H16ClNO/c1-4-8-15-10(3)12-9-11(14)6-7-13(12)16-5-2/h1,6-7,9-10,15H,5,8H2,2-3H3. The van der Waals surface area contributed by atoms with E-state index in [1.165, 1.54) is 0 Å². The van der Waals surface area contributed by atoms with Gasteiger partial charge in [0, 0.05) is 16.6 Å². The Labute approximate surface area is 102 Å². The van der Waals surface area contributed by atoms with Crippen molar-refractivity contribution in [2.45, 2.75) is 19.9 Å². The summed E-state index contributed by atoms with van der Waals surface area (Å²) >= 11 is 5.97. The van der Waals surface area contributed by atoms with Crippen LogP contribution in [0.5, 0.6) is 5.75 Å². The van der Waals surface area contributed by atoms with Gasteiger partial charge in [0.1, 0.15) is 5.75 Å². The van der Waals surface area contributed by atoms with Crippen LogP contribution in [-0.4, -0.2) is 13.2 Å². The number of rotatable bonds is 5. The molecule has 0 aromatic heterocycles. The second-order valence-electron chi connectivity index (χ2n) is 3.42. The molecule has 0 fully saturated rings. The van der Waals surface area contributed by atoms with Gasteiger partial charge in [-0.05, 0) is 32.0 Å². The number of benzene rings is 1. The molecule has 0 radical (unpaired) electrons. The number of ether oxygens (including phenoxy) is 1. The largest absolute Gasteiger partial charge is 0.494 e. The van der Waals surface area contributed by atoms with E-state index in [4.69, 9.17) is 22.8 Å². The first-order valence-corrected chi connectivity index (χ1v) is 5.66. The van der Waals surface area contributed by atoms with Crippen molar-refractivity contribution in [2.24, 2.45) is 0 Å². The molecule has 0 heterocycles. The van der Waals surface area contributed by atoms with Crippen LogP contribution in [0.25, 0.3) is 0 Å². The Morgan fingerprint density at radius 2 is 2.31 bits per heavy atom. The minimum atomic E-state index is 0.122. The maximum absolute atomic E-state index is 5.97. The topological polar surface area (TPSA) is 21.3 Å². The lowest BCUT2D eigenvalue weighted by atomic mass is 10.1. The Morgan fingerprint density at radius 1 is 1.56 bits per heavy atom. The lowest BCUT2D eigenvalue weighted by Crippen LogP contribution is -2.19. The molecule has 16 heavy (non-hydrogen) atoms. The first-order chi connectivity index (χ1) is 7.69. The summed E-state index contributed by atoms with van der Waals surface area (Å²) in [6, 6.07) is 5.73. The molecule has 1 atom stereocenters. The Balaban J connectivity index is 2.90. The lowest BCUT2D eigenvalue weighted by Gasteiger charge is -2.17. The van der Waals surface area contributed by atoms with Gasteiger partial charge in [0.25, 0.3) is 0 Å². The van der Waals surface area contributed by atoms with Gasteiger partial charge in [0.05, 0.1) is 13.2 Å². The molecular formula is C13H16ClNO. The van der Waals surface area contributed by atoms with E-state index in [0.29, 0.717) is 18.2 Å². The predicted octanol–water partition coefficient (Wildman–Crippen LogP) is 3.02. The van der Waals surface area contributed by atoms with Crippen LogP contribution >= 0.6 is 11.6 Å². The molecular weight excluding hydrogens is 222 g/mol. The summed E-state index contributed by atoms with van der Waals surface area (Å²) in [4.78, 5) is 0. The van der Waals surface area contributed by atoms with Gasteiger partial charge in [-0.1, -0.05) is 17.5 Å². The Bertz CT molecular complexity index is 384. The third-order valence-electron chi connectivity index (χ3n) is 2.25. The summed E-state index contributed by atoms with van der Waals surface area (Å²) in [6.07, 6.45) is 5.21. The molecule has 0 amide bonds. The third kappa shape index (κ3) is 3.44. The van der Waals surface area contributed by atoms with E-state index in [-0.39, 0.29) is 6.04 Å². The summed E-state index contributed by atoms with van der Waals surface area (Å²) in [6.45, 7) is 5.15. The second kappa shape index (κ2) is 6.42. The highest BCUT2D eigenvalue weighted by Gasteiger charge is 2.11. The van der Waals surface area contributed by atoms with Gasteiger partial charge in [-0.25, -0.2) is 0 Å². The van der Waals surface area contributed by atoms with Crippen molar-refractivity contribution in [3.63, 3.8) is 0 Å². The number of hydrogen-bond acceptors (Lipinski definition) is 2. The molecule has 1 unspecified atom stereocenters. The fraction of sp³-hybridized carbons (Fsp3) is 0.385. The molecule has 0 saturated heterocycles. The van der Waals surface area contributed by atoms with Crippen LogP contribution in [0.15, 0.2) is 18.2 Å². The summed E-state index contributed by atoms with van der Waals surface area (Å²) in [5.41, 5.74) is 1.03. The van der Waals surface area contributed by atoms with E-state index in [1.807, 2.05) is 32.0 Å². The molecule has 86 valence electrons. The van der Waals surface area contributed by atoms with Crippen molar-refractivity contribution >= 4 is 11.6 Å². The monoisotopic (exact) mass is 237 g/mol. The first kappa shape index (κ1) is 12.9. The van der Waals surface area contributed by atoms with E-state index in [0.717, 1.165) is 11.3 Å². The molecule has 0 saturated carbocycles. The summed E-state index contributed by atoms with van der Waals surface area (Å²) in [7, 11) is 0. The average Bonchev–Trinajstić information content (AvgIpc) is 2.28. The highest BCUT2D eigenvalue weighted by atomic mass is 35.5. The van der Waals surface area contributed by atoms with Crippen LogP contribution in [0.1, 0.15) is 25.5 Å². The van der Waals surface area contributed by atoms with Crippen LogP contribution in [0.4, 0.5) is 0 Å². The van der Waals surface area contributed by atoms with Crippen LogP contribution in [0, 0.1) is 12.3 Å². The van der Waals surface area contributed by atoms with Gasteiger partial charge in [0.2, 0.25) is 0 Å². The zero-order chi connectivity index (χ0) is 12.0. The third-order valence-corrected chi connectivity index (χ3v) is 2.48. The summed E-state index contributed by atoms with van der Waals surface area (Å²) < 4.78 is 5.54. The Morgan fingerprint density at radius 3 is 2.94 bits per heavy atom. The molecule has 0 aliphatic rings. The van der Waals surface area contributed by atoms with Gasteiger partial charge in [-0.3, -0.25) is 5.32 Å². The van der Waals surface area contributed by atoms with Crippen molar-refractivity contribution in [2.75, 3.05) is 13.2 Å². The molecule has 0 aliphatic carbocycles. The number of nitrogens with one attached hydrogen (secondary N) is 1. The highest BCUT2D eigenvalue weighted by Crippen LogP contribution is 2.28. The molecule has 1 aromatic carbocycles. The van der Waals surface area contributed by atoms with Crippen molar-refractivity contribution in [3.8, 4) is 18.1 Å². The van der Waals surface area contributed by atoms with Crippen LogP contribution < -0.4 is 10.1 Å². The minimum absolute atomic E-state index is 0.122. The molecule has 2 nitrogen and oxygen atoms in total. The van der Waals surface area contributed by atoms with E-state index < -0.39 is 0 Å². The average molecular weight is 238 g/mol. The molecule has 1 aromatic rings.